The van der Waals surface area contributed by atoms with Crippen LogP contribution in [0.1, 0.15) is 20.8 Å². The summed E-state index contributed by atoms with van der Waals surface area (Å²) in [6, 6.07) is 0. The molecule has 0 bridgehead atoms. The van der Waals surface area contributed by atoms with Crippen molar-refractivity contribution in [2.45, 2.75) is 39.1 Å². The third kappa shape index (κ3) is 4.57. The van der Waals surface area contributed by atoms with Gasteiger partial charge in [0.05, 0.1) is 18.8 Å². The molecule has 0 aliphatic carbocycles. The Bertz CT molecular complexity index is 127. The minimum Gasteiger partial charge on any atom is -0.396 e. The predicted octanol–water partition coefficient (Wildman–Crippen LogP) is -0.238. The van der Waals surface area contributed by atoms with E-state index < -0.39 is 12.2 Å². The van der Waals surface area contributed by atoms with Crippen LogP contribution in [0.25, 0.3) is 0 Å². The van der Waals surface area contributed by atoms with Crippen LogP contribution >= 0.6 is 0 Å². The molecule has 4 atom stereocenters. The van der Waals surface area contributed by atoms with E-state index in [9.17, 15) is 0 Å². The van der Waals surface area contributed by atoms with Crippen LogP contribution in [0.2, 0.25) is 0 Å². The molecular weight excluding hydrogens is 172 g/mol. The molecule has 0 fully saturated rings. The Balaban J connectivity index is 3.93. The Morgan fingerprint density at radius 3 is 1.92 bits per heavy atom. The lowest BCUT2D eigenvalue weighted by Crippen LogP contribution is -2.36. The standard InChI is InChI=1S/C9H20O4/c1-6(4-10)8(3)13-9(5-11)7(2)12/h6-12H,4-5H2,1-3H3/t6-,7?,8?,9?/m0/s1. The highest BCUT2D eigenvalue weighted by Crippen LogP contribution is 2.10. The third-order valence-electron chi connectivity index (χ3n) is 2.20. The molecule has 0 aromatic rings. The van der Waals surface area contributed by atoms with Crippen molar-refractivity contribution >= 4 is 0 Å². The first-order valence-corrected chi connectivity index (χ1v) is 4.58. The van der Waals surface area contributed by atoms with Crippen molar-refractivity contribution in [3.05, 3.63) is 0 Å². The fourth-order valence-electron chi connectivity index (χ4n) is 0.868. The normalized spacial score (nSPS) is 20.8. The molecule has 0 saturated heterocycles. The highest BCUT2D eigenvalue weighted by molar-refractivity contribution is 4.67. The van der Waals surface area contributed by atoms with Crippen molar-refractivity contribution in [3.63, 3.8) is 0 Å². The van der Waals surface area contributed by atoms with Gasteiger partial charge >= 0.3 is 0 Å². The molecule has 0 aliphatic rings. The van der Waals surface area contributed by atoms with E-state index in [1.165, 1.54) is 0 Å². The minimum absolute atomic E-state index is 0.00722. The maximum atomic E-state index is 9.17. The Hall–Kier alpha value is -0.160. The molecule has 3 unspecified atom stereocenters. The Labute approximate surface area is 79.2 Å². The van der Waals surface area contributed by atoms with E-state index in [4.69, 9.17) is 20.1 Å². The van der Waals surface area contributed by atoms with Gasteiger partial charge in [-0.1, -0.05) is 6.92 Å². The molecule has 0 aromatic carbocycles. The topological polar surface area (TPSA) is 69.9 Å². The predicted molar refractivity (Wildman–Crippen MR) is 49.4 cm³/mol. The van der Waals surface area contributed by atoms with Gasteiger partial charge in [0.25, 0.3) is 0 Å². The van der Waals surface area contributed by atoms with Crippen LogP contribution in [0.4, 0.5) is 0 Å². The summed E-state index contributed by atoms with van der Waals surface area (Å²) in [5, 5.41) is 26.8. The van der Waals surface area contributed by atoms with Gasteiger partial charge in [0, 0.05) is 12.5 Å². The van der Waals surface area contributed by atoms with Crippen LogP contribution < -0.4 is 0 Å². The average Bonchev–Trinajstić information content (AvgIpc) is 2.11. The van der Waals surface area contributed by atoms with E-state index >= 15 is 0 Å². The van der Waals surface area contributed by atoms with Crippen LogP contribution in [0.3, 0.4) is 0 Å². The van der Waals surface area contributed by atoms with E-state index in [2.05, 4.69) is 0 Å². The molecule has 0 aromatic heterocycles. The van der Waals surface area contributed by atoms with Gasteiger partial charge in [-0.25, -0.2) is 0 Å². The third-order valence-corrected chi connectivity index (χ3v) is 2.20. The molecule has 0 spiro atoms. The fourth-order valence-corrected chi connectivity index (χ4v) is 0.868. The quantitative estimate of drug-likeness (QED) is 0.543. The number of rotatable bonds is 6. The molecule has 0 saturated carbocycles. The molecule has 0 amide bonds. The van der Waals surface area contributed by atoms with E-state index in [-0.39, 0.29) is 25.2 Å². The highest BCUT2D eigenvalue weighted by Gasteiger charge is 2.20. The summed E-state index contributed by atoms with van der Waals surface area (Å²) in [6.07, 6.45) is -1.43. The molecule has 80 valence electrons. The van der Waals surface area contributed by atoms with Crippen LogP contribution in [0, 0.1) is 5.92 Å². The second kappa shape index (κ2) is 6.32. The molecule has 0 rings (SSSR count). The van der Waals surface area contributed by atoms with E-state index in [1.807, 2.05) is 13.8 Å². The molecule has 13 heavy (non-hydrogen) atoms. The molecule has 4 nitrogen and oxygen atoms in total. The van der Waals surface area contributed by atoms with Gasteiger partial charge in [-0.3, -0.25) is 0 Å². The van der Waals surface area contributed by atoms with Gasteiger partial charge < -0.3 is 20.1 Å². The Kier molecular flexibility index (Phi) is 6.24. The van der Waals surface area contributed by atoms with Crippen molar-refractivity contribution in [2.24, 2.45) is 5.92 Å². The van der Waals surface area contributed by atoms with Gasteiger partial charge in [-0.05, 0) is 13.8 Å². The highest BCUT2D eigenvalue weighted by atomic mass is 16.5. The molecule has 0 aliphatic heterocycles. The zero-order chi connectivity index (χ0) is 10.4. The van der Waals surface area contributed by atoms with Gasteiger partial charge in [0.1, 0.15) is 6.10 Å². The van der Waals surface area contributed by atoms with Crippen molar-refractivity contribution in [2.75, 3.05) is 13.2 Å². The largest absolute Gasteiger partial charge is 0.396 e. The summed E-state index contributed by atoms with van der Waals surface area (Å²) in [5.74, 6) is 0.00722. The fraction of sp³-hybridized carbons (Fsp3) is 1.00. The maximum absolute atomic E-state index is 9.17. The Morgan fingerprint density at radius 2 is 1.62 bits per heavy atom. The van der Waals surface area contributed by atoms with Gasteiger partial charge in [-0.15, -0.1) is 0 Å². The summed E-state index contributed by atoms with van der Waals surface area (Å²) in [4.78, 5) is 0. The minimum atomic E-state index is -0.696. The van der Waals surface area contributed by atoms with Crippen LogP contribution in [-0.2, 0) is 4.74 Å². The van der Waals surface area contributed by atoms with Crippen molar-refractivity contribution in [1.29, 1.82) is 0 Å². The number of hydrogen-bond donors (Lipinski definition) is 3. The zero-order valence-electron chi connectivity index (χ0n) is 8.47. The van der Waals surface area contributed by atoms with E-state index in [0.717, 1.165) is 0 Å². The first-order valence-electron chi connectivity index (χ1n) is 4.58. The van der Waals surface area contributed by atoms with Crippen molar-refractivity contribution in [1.82, 2.24) is 0 Å². The van der Waals surface area contributed by atoms with Crippen LogP contribution in [0.5, 0.6) is 0 Å². The van der Waals surface area contributed by atoms with Crippen LogP contribution in [-0.4, -0.2) is 46.8 Å². The number of ether oxygens (including phenoxy) is 1. The summed E-state index contributed by atoms with van der Waals surface area (Å²) >= 11 is 0. The average molecular weight is 192 g/mol. The SMILES string of the molecule is CC(O)C(CO)OC(C)[C@@H](C)CO. The van der Waals surface area contributed by atoms with Gasteiger partial charge in [-0.2, -0.15) is 0 Å². The number of aliphatic hydroxyl groups excluding tert-OH is 3. The molecule has 4 heteroatoms. The van der Waals surface area contributed by atoms with E-state index in [0.29, 0.717) is 0 Å². The summed E-state index contributed by atoms with van der Waals surface area (Å²) < 4.78 is 5.35. The summed E-state index contributed by atoms with van der Waals surface area (Å²) in [7, 11) is 0. The molecule has 3 N–H and O–H groups in total. The van der Waals surface area contributed by atoms with Crippen molar-refractivity contribution in [3.8, 4) is 0 Å². The first-order chi connectivity index (χ1) is 6.02. The van der Waals surface area contributed by atoms with E-state index in [1.54, 1.807) is 6.92 Å². The number of hydrogen-bond acceptors (Lipinski definition) is 4. The lowest BCUT2D eigenvalue weighted by atomic mass is 10.1. The summed E-state index contributed by atoms with van der Waals surface area (Å²) in [6.45, 7) is 5.06. The number of aliphatic hydroxyl groups is 3. The zero-order valence-corrected chi connectivity index (χ0v) is 8.47. The Morgan fingerprint density at radius 1 is 1.08 bits per heavy atom. The van der Waals surface area contributed by atoms with Gasteiger partial charge in [0.15, 0.2) is 0 Å². The monoisotopic (exact) mass is 192 g/mol. The molecular formula is C9H20O4. The first kappa shape index (κ1) is 12.8. The smallest absolute Gasteiger partial charge is 0.106 e. The second-order valence-electron chi connectivity index (χ2n) is 3.46. The van der Waals surface area contributed by atoms with Crippen LogP contribution in [0.15, 0.2) is 0 Å². The lowest BCUT2D eigenvalue weighted by molar-refractivity contribution is -0.106. The molecule has 0 heterocycles. The van der Waals surface area contributed by atoms with Gasteiger partial charge in [0.2, 0.25) is 0 Å². The maximum Gasteiger partial charge on any atom is 0.106 e. The molecule has 0 radical (unpaired) electrons. The second-order valence-corrected chi connectivity index (χ2v) is 3.46. The lowest BCUT2D eigenvalue weighted by Gasteiger charge is -2.25. The summed E-state index contributed by atoms with van der Waals surface area (Å²) in [5.41, 5.74) is 0. The van der Waals surface area contributed by atoms with Crippen molar-refractivity contribution < 1.29 is 20.1 Å².